The SMILES string of the molecule is NCc1cc(-c2ccc3c(c2)OCCO3)ns1. The van der Waals surface area contributed by atoms with E-state index in [0.29, 0.717) is 19.8 Å². The summed E-state index contributed by atoms with van der Waals surface area (Å²) in [4.78, 5) is 1.08. The molecule has 17 heavy (non-hydrogen) atoms. The molecule has 2 heterocycles. The van der Waals surface area contributed by atoms with Crippen molar-refractivity contribution >= 4 is 11.5 Å². The fraction of sp³-hybridized carbons (Fsp3) is 0.250. The van der Waals surface area contributed by atoms with Gasteiger partial charge in [-0.3, -0.25) is 0 Å². The summed E-state index contributed by atoms with van der Waals surface area (Å²) in [7, 11) is 0. The zero-order chi connectivity index (χ0) is 11.7. The summed E-state index contributed by atoms with van der Waals surface area (Å²) in [6, 6.07) is 7.88. The third-order valence-corrected chi connectivity index (χ3v) is 3.41. The van der Waals surface area contributed by atoms with E-state index in [9.17, 15) is 0 Å². The molecule has 2 N–H and O–H groups in total. The van der Waals surface area contributed by atoms with Crippen LogP contribution in [-0.2, 0) is 6.54 Å². The van der Waals surface area contributed by atoms with Crippen molar-refractivity contribution in [2.45, 2.75) is 6.54 Å². The molecule has 1 aliphatic rings. The zero-order valence-corrected chi connectivity index (χ0v) is 10.00. The predicted molar refractivity (Wildman–Crippen MR) is 66.4 cm³/mol. The number of aromatic nitrogens is 1. The van der Waals surface area contributed by atoms with Crippen molar-refractivity contribution in [1.82, 2.24) is 4.37 Å². The van der Waals surface area contributed by atoms with Crippen LogP contribution in [0.5, 0.6) is 11.5 Å². The lowest BCUT2D eigenvalue weighted by atomic mass is 10.1. The molecule has 0 atom stereocenters. The molecule has 3 rings (SSSR count). The average Bonchev–Trinajstić information content (AvgIpc) is 2.87. The van der Waals surface area contributed by atoms with Crippen molar-refractivity contribution in [2.24, 2.45) is 5.73 Å². The van der Waals surface area contributed by atoms with Crippen molar-refractivity contribution in [3.63, 3.8) is 0 Å². The van der Waals surface area contributed by atoms with Gasteiger partial charge in [-0.05, 0) is 35.8 Å². The number of nitrogens with two attached hydrogens (primary N) is 1. The molecule has 88 valence electrons. The lowest BCUT2D eigenvalue weighted by Gasteiger charge is -2.18. The van der Waals surface area contributed by atoms with Crippen LogP contribution in [-0.4, -0.2) is 17.6 Å². The number of benzene rings is 1. The van der Waals surface area contributed by atoms with E-state index >= 15 is 0 Å². The largest absolute Gasteiger partial charge is 0.486 e. The van der Waals surface area contributed by atoms with Gasteiger partial charge in [-0.15, -0.1) is 0 Å². The Kier molecular flexibility index (Phi) is 2.70. The monoisotopic (exact) mass is 248 g/mol. The van der Waals surface area contributed by atoms with Crippen LogP contribution in [0.15, 0.2) is 24.3 Å². The Hall–Kier alpha value is -1.59. The number of rotatable bonds is 2. The predicted octanol–water partition coefficient (Wildman–Crippen LogP) is 2.04. The Bertz CT molecular complexity index is 539. The fourth-order valence-electron chi connectivity index (χ4n) is 1.75. The van der Waals surface area contributed by atoms with Gasteiger partial charge in [0, 0.05) is 17.0 Å². The smallest absolute Gasteiger partial charge is 0.162 e. The minimum absolute atomic E-state index is 0.530. The summed E-state index contributed by atoms with van der Waals surface area (Å²) in [6.07, 6.45) is 0. The van der Waals surface area contributed by atoms with Crippen LogP contribution in [0.2, 0.25) is 0 Å². The molecule has 0 spiro atoms. The molecule has 0 saturated carbocycles. The summed E-state index contributed by atoms with van der Waals surface area (Å²) in [6.45, 7) is 1.74. The van der Waals surface area contributed by atoms with Gasteiger partial charge in [0.15, 0.2) is 11.5 Å². The van der Waals surface area contributed by atoms with Gasteiger partial charge in [0.25, 0.3) is 0 Å². The molecule has 4 nitrogen and oxygen atoms in total. The molecule has 1 aromatic carbocycles. The molecule has 1 aromatic heterocycles. The zero-order valence-electron chi connectivity index (χ0n) is 9.18. The van der Waals surface area contributed by atoms with Crippen molar-refractivity contribution in [3.8, 4) is 22.8 Å². The summed E-state index contributed by atoms with van der Waals surface area (Å²) >= 11 is 1.43. The summed E-state index contributed by atoms with van der Waals surface area (Å²) in [5.74, 6) is 1.59. The molecule has 0 bridgehead atoms. The molecule has 5 heteroatoms. The highest BCUT2D eigenvalue weighted by molar-refractivity contribution is 7.06. The minimum Gasteiger partial charge on any atom is -0.486 e. The third kappa shape index (κ3) is 1.99. The lowest BCUT2D eigenvalue weighted by molar-refractivity contribution is 0.171. The van der Waals surface area contributed by atoms with Crippen LogP contribution in [0.1, 0.15) is 4.88 Å². The highest BCUT2D eigenvalue weighted by Gasteiger charge is 2.13. The Labute approximate surface area is 103 Å². The van der Waals surface area contributed by atoms with Crippen LogP contribution in [0.25, 0.3) is 11.3 Å². The molecule has 0 saturated heterocycles. The van der Waals surface area contributed by atoms with E-state index in [1.54, 1.807) is 0 Å². The first-order valence-electron chi connectivity index (χ1n) is 5.42. The molecular weight excluding hydrogens is 236 g/mol. The lowest BCUT2D eigenvalue weighted by Crippen LogP contribution is -2.15. The third-order valence-electron chi connectivity index (χ3n) is 2.60. The minimum atomic E-state index is 0.530. The molecule has 1 aliphatic heterocycles. The number of fused-ring (bicyclic) bond motifs is 1. The standard InChI is InChI=1S/C12H12N2O2S/c13-7-9-6-10(14-17-9)8-1-2-11-12(5-8)16-4-3-15-11/h1-2,5-6H,3-4,7,13H2. The van der Waals surface area contributed by atoms with Crippen molar-refractivity contribution in [3.05, 3.63) is 29.1 Å². The first-order chi connectivity index (χ1) is 8.36. The van der Waals surface area contributed by atoms with Gasteiger partial charge in [0.2, 0.25) is 0 Å². The molecule has 0 radical (unpaired) electrons. The van der Waals surface area contributed by atoms with Gasteiger partial charge in [0.1, 0.15) is 13.2 Å². The second-order valence-electron chi connectivity index (χ2n) is 3.74. The van der Waals surface area contributed by atoms with Gasteiger partial charge in [-0.1, -0.05) is 0 Å². The quantitative estimate of drug-likeness (QED) is 0.883. The Morgan fingerprint density at radius 2 is 2.00 bits per heavy atom. The van der Waals surface area contributed by atoms with Crippen molar-refractivity contribution < 1.29 is 9.47 Å². The average molecular weight is 248 g/mol. The van der Waals surface area contributed by atoms with E-state index < -0.39 is 0 Å². The molecule has 0 amide bonds. The topological polar surface area (TPSA) is 57.4 Å². The van der Waals surface area contributed by atoms with Gasteiger partial charge < -0.3 is 15.2 Å². The highest BCUT2D eigenvalue weighted by Crippen LogP contribution is 2.34. The first kappa shape index (κ1) is 10.6. The molecule has 0 fully saturated rings. The number of hydrogen-bond acceptors (Lipinski definition) is 5. The number of ether oxygens (including phenoxy) is 2. The van der Waals surface area contributed by atoms with Gasteiger partial charge in [-0.25, -0.2) is 0 Å². The molecular formula is C12H12N2O2S. The Balaban J connectivity index is 1.97. The maximum Gasteiger partial charge on any atom is 0.162 e. The van der Waals surface area contributed by atoms with Crippen LogP contribution in [0.4, 0.5) is 0 Å². The second-order valence-corrected chi connectivity index (χ2v) is 4.63. The van der Waals surface area contributed by atoms with Crippen LogP contribution < -0.4 is 15.2 Å². The van der Waals surface area contributed by atoms with Crippen LogP contribution in [0.3, 0.4) is 0 Å². The summed E-state index contributed by atoms with van der Waals surface area (Å²) < 4.78 is 15.4. The van der Waals surface area contributed by atoms with Crippen LogP contribution >= 0.6 is 11.5 Å². The molecule has 2 aromatic rings. The molecule has 0 unspecified atom stereocenters. The Morgan fingerprint density at radius 1 is 1.18 bits per heavy atom. The van der Waals surface area contributed by atoms with E-state index in [0.717, 1.165) is 27.6 Å². The van der Waals surface area contributed by atoms with Crippen LogP contribution in [0, 0.1) is 0 Å². The van der Waals surface area contributed by atoms with E-state index in [4.69, 9.17) is 15.2 Å². The number of nitrogens with zero attached hydrogens (tertiary/aromatic N) is 1. The summed E-state index contributed by atoms with van der Waals surface area (Å²) in [5, 5.41) is 0. The maximum atomic E-state index is 5.58. The van der Waals surface area contributed by atoms with Crippen molar-refractivity contribution in [1.29, 1.82) is 0 Å². The first-order valence-corrected chi connectivity index (χ1v) is 6.20. The summed E-state index contributed by atoms with van der Waals surface area (Å²) in [5.41, 5.74) is 7.55. The van der Waals surface area contributed by atoms with E-state index in [2.05, 4.69) is 4.37 Å². The van der Waals surface area contributed by atoms with Gasteiger partial charge in [0.05, 0.1) is 5.69 Å². The Morgan fingerprint density at radius 3 is 2.76 bits per heavy atom. The second kappa shape index (κ2) is 4.35. The highest BCUT2D eigenvalue weighted by atomic mass is 32.1. The van der Waals surface area contributed by atoms with E-state index in [1.807, 2.05) is 24.3 Å². The van der Waals surface area contributed by atoms with Gasteiger partial charge in [-0.2, -0.15) is 4.37 Å². The fourth-order valence-corrected chi connectivity index (χ4v) is 2.36. The van der Waals surface area contributed by atoms with E-state index in [1.165, 1.54) is 11.5 Å². The number of hydrogen-bond donors (Lipinski definition) is 1. The van der Waals surface area contributed by atoms with Gasteiger partial charge >= 0.3 is 0 Å². The van der Waals surface area contributed by atoms with Crippen molar-refractivity contribution in [2.75, 3.05) is 13.2 Å². The molecule has 0 aliphatic carbocycles. The normalized spacial score (nSPS) is 13.7. The maximum absolute atomic E-state index is 5.58. The van der Waals surface area contributed by atoms with E-state index in [-0.39, 0.29) is 0 Å².